The summed E-state index contributed by atoms with van der Waals surface area (Å²) in [6, 6.07) is 4.14. The highest BCUT2D eigenvalue weighted by Crippen LogP contribution is 2.31. The number of amides is 1. The summed E-state index contributed by atoms with van der Waals surface area (Å²) in [7, 11) is 0. The number of nitrogens with two attached hydrogens (primary N) is 1. The normalized spacial score (nSPS) is 21.3. The second kappa shape index (κ2) is 4.51. The second-order valence-corrected chi connectivity index (χ2v) is 4.66. The molecule has 1 amide bonds. The van der Waals surface area contributed by atoms with Gasteiger partial charge in [0.05, 0.1) is 11.7 Å². The number of carbonyl (C=O) groups is 1. The number of hydrogen-bond acceptors (Lipinski definition) is 2. The number of benzene rings is 1. The van der Waals surface area contributed by atoms with Gasteiger partial charge in [0.15, 0.2) is 0 Å². The molecular weight excluding hydrogens is 275 g/mol. The van der Waals surface area contributed by atoms with Gasteiger partial charge in [-0.05, 0) is 40.9 Å². The third kappa shape index (κ3) is 1.97. The first-order valence-corrected chi connectivity index (χ1v) is 5.91. The molecular formula is C11H12BrFN2O. The highest BCUT2D eigenvalue weighted by atomic mass is 79.9. The summed E-state index contributed by atoms with van der Waals surface area (Å²) in [6.45, 7) is 0.520. The number of rotatable bonds is 1. The first-order valence-electron chi connectivity index (χ1n) is 5.12. The Kier molecular flexibility index (Phi) is 3.25. The van der Waals surface area contributed by atoms with Gasteiger partial charge in [0.25, 0.3) is 0 Å². The predicted octanol–water partition coefficient (Wildman–Crippen LogP) is 2.04. The molecule has 16 heavy (non-hydrogen) atoms. The number of para-hydroxylation sites is 1. The summed E-state index contributed by atoms with van der Waals surface area (Å²) < 4.78 is 14.2. The second-order valence-electron chi connectivity index (χ2n) is 3.81. The van der Waals surface area contributed by atoms with Gasteiger partial charge in [0.2, 0.25) is 5.91 Å². The number of carbonyl (C=O) groups excluding carboxylic acids is 1. The minimum absolute atomic E-state index is 0.211. The zero-order valence-corrected chi connectivity index (χ0v) is 10.2. The van der Waals surface area contributed by atoms with Crippen LogP contribution >= 0.6 is 15.9 Å². The Balaban J connectivity index is 2.40. The van der Waals surface area contributed by atoms with Crippen molar-refractivity contribution in [3.05, 3.63) is 28.5 Å². The zero-order valence-electron chi connectivity index (χ0n) is 8.62. The van der Waals surface area contributed by atoms with E-state index >= 15 is 0 Å². The Morgan fingerprint density at radius 1 is 1.50 bits per heavy atom. The number of nitrogens with zero attached hydrogens (tertiary/aromatic N) is 1. The molecule has 0 saturated carbocycles. The van der Waals surface area contributed by atoms with Crippen LogP contribution in [0.1, 0.15) is 12.8 Å². The maximum absolute atomic E-state index is 13.7. The molecule has 1 aromatic carbocycles. The Morgan fingerprint density at radius 3 is 2.94 bits per heavy atom. The van der Waals surface area contributed by atoms with Crippen LogP contribution in [0, 0.1) is 5.82 Å². The van der Waals surface area contributed by atoms with Crippen LogP contribution in [0.5, 0.6) is 0 Å². The lowest BCUT2D eigenvalue weighted by Gasteiger charge is -2.31. The Morgan fingerprint density at radius 2 is 2.25 bits per heavy atom. The molecule has 1 saturated heterocycles. The van der Waals surface area contributed by atoms with Crippen molar-refractivity contribution in [3.63, 3.8) is 0 Å². The lowest BCUT2D eigenvalue weighted by Crippen LogP contribution is -2.48. The van der Waals surface area contributed by atoms with Crippen LogP contribution in [-0.2, 0) is 4.79 Å². The van der Waals surface area contributed by atoms with Crippen molar-refractivity contribution < 1.29 is 9.18 Å². The number of hydrogen-bond donors (Lipinski definition) is 1. The minimum atomic E-state index is -0.514. The molecule has 0 radical (unpaired) electrons. The molecule has 2 N–H and O–H groups in total. The monoisotopic (exact) mass is 286 g/mol. The fraction of sp³-hybridized carbons (Fsp3) is 0.364. The van der Waals surface area contributed by atoms with E-state index in [1.165, 1.54) is 11.0 Å². The molecule has 0 aromatic heterocycles. The molecule has 1 atom stereocenters. The quantitative estimate of drug-likeness (QED) is 0.859. The van der Waals surface area contributed by atoms with Crippen LogP contribution < -0.4 is 10.6 Å². The molecule has 1 unspecified atom stereocenters. The summed E-state index contributed by atoms with van der Waals surface area (Å²) in [4.78, 5) is 13.3. The summed E-state index contributed by atoms with van der Waals surface area (Å²) in [5.74, 6) is -0.617. The summed E-state index contributed by atoms with van der Waals surface area (Å²) >= 11 is 3.26. The third-order valence-corrected chi connectivity index (χ3v) is 3.33. The Labute approximate surface area is 102 Å². The van der Waals surface area contributed by atoms with Gasteiger partial charge in [0.1, 0.15) is 5.82 Å². The van der Waals surface area contributed by atoms with Gasteiger partial charge in [-0.3, -0.25) is 4.79 Å². The van der Waals surface area contributed by atoms with Crippen molar-refractivity contribution >= 4 is 27.5 Å². The molecule has 1 fully saturated rings. The van der Waals surface area contributed by atoms with E-state index in [0.29, 0.717) is 23.1 Å². The van der Waals surface area contributed by atoms with Gasteiger partial charge in [0, 0.05) is 11.0 Å². The van der Waals surface area contributed by atoms with E-state index in [0.717, 1.165) is 6.42 Å². The van der Waals surface area contributed by atoms with Crippen LogP contribution in [0.3, 0.4) is 0 Å². The lowest BCUT2D eigenvalue weighted by atomic mass is 10.0. The van der Waals surface area contributed by atoms with Crippen LogP contribution in [0.4, 0.5) is 10.1 Å². The lowest BCUT2D eigenvalue weighted by molar-refractivity contribution is -0.120. The highest BCUT2D eigenvalue weighted by molar-refractivity contribution is 9.10. The van der Waals surface area contributed by atoms with Gasteiger partial charge in [-0.1, -0.05) is 6.07 Å². The van der Waals surface area contributed by atoms with Gasteiger partial charge < -0.3 is 10.6 Å². The topological polar surface area (TPSA) is 46.3 Å². The fourth-order valence-electron chi connectivity index (χ4n) is 1.87. The van der Waals surface area contributed by atoms with Crippen molar-refractivity contribution in [2.75, 3.05) is 11.4 Å². The van der Waals surface area contributed by atoms with Crippen LogP contribution in [0.25, 0.3) is 0 Å². The van der Waals surface area contributed by atoms with Crippen molar-refractivity contribution in [2.45, 2.75) is 18.9 Å². The number of halogens is 2. The molecule has 0 bridgehead atoms. The standard InChI is InChI=1S/C11H12BrFN2O/c12-7-3-1-4-8(13)10(7)15-6-2-5-9(14)11(15)16/h1,3-4,9H,2,5-6,14H2. The summed E-state index contributed by atoms with van der Waals surface area (Å²) in [6.07, 6.45) is 1.47. The van der Waals surface area contributed by atoms with E-state index in [2.05, 4.69) is 15.9 Å². The average molecular weight is 287 g/mol. The summed E-state index contributed by atoms with van der Waals surface area (Å²) in [5, 5.41) is 0. The van der Waals surface area contributed by atoms with Gasteiger partial charge in [-0.15, -0.1) is 0 Å². The molecule has 3 nitrogen and oxygen atoms in total. The maximum Gasteiger partial charge on any atom is 0.244 e. The largest absolute Gasteiger partial charge is 0.320 e. The van der Waals surface area contributed by atoms with Gasteiger partial charge >= 0.3 is 0 Å². The van der Waals surface area contributed by atoms with Crippen LogP contribution in [0.15, 0.2) is 22.7 Å². The minimum Gasteiger partial charge on any atom is -0.320 e. The van der Waals surface area contributed by atoms with Gasteiger partial charge in [-0.25, -0.2) is 4.39 Å². The highest BCUT2D eigenvalue weighted by Gasteiger charge is 2.29. The SMILES string of the molecule is NC1CCCN(c2c(F)cccc2Br)C1=O. The number of anilines is 1. The molecule has 0 aliphatic carbocycles. The zero-order chi connectivity index (χ0) is 11.7. The van der Waals surface area contributed by atoms with Crippen LogP contribution in [-0.4, -0.2) is 18.5 Å². The van der Waals surface area contributed by atoms with E-state index < -0.39 is 11.9 Å². The molecule has 1 aliphatic heterocycles. The first kappa shape index (κ1) is 11.5. The molecule has 1 aromatic rings. The molecule has 86 valence electrons. The molecule has 1 heterocycles. The van der Waals surface area contributed by atoms with E-state index in [1.54, 1.807) is 12.1 Å². The molecule has 1 aliphatic rings. The van der Waals surface area contributed by atoms with E-state index in [4.69, 9.17) is 5.73 Å². The fourth-order valence-corrected chi connectivity index (χ4v) is 2.43. The third-order valence-electron chi connectivity index (χ3n) is 2.69. The van der Waals surface area contributed by atoms with Gasteiger partial charge in [-0.2, -0.15) is 0 Å². The van der Waals surface area contributed by atoms with Crippen molar-refractivity contribution in [3.8, 4) is 0 Å². The Hall–Kier alpha value is -0.940. The Bertz CT molecular complexity index is 404. The first-order chi connectivity index (χ1) is 7.61. The van der Waals surface area contributed by atoms with E-state index in [-0.39, 0.29) is 5.91 Å². The predicted molar refractivity (Wildman–Crippen MR) is 63.7 cm³/mol. The maximum atomic E-state index is 13.7. The van der Waals surface area contributed by atoms with Crippen molar-refractivity contribution in [2.24, 2.45) is 5.73 Å². The number of piperidine rings is 1. The molecule has 2 rings (SSSR count). The smallest absolute Gasteiger partial charge is 0.244 e. The van der Waals surface area contributed by atoms with E-state index in [9.17, 15) is 9.18 Å². The van der Waals surface area contributed by atoms with Crippen molar-refractivity contribution in [1.82, 2.24) is 0 Å². The molecule has 0 spiro atoms. The van der Waals surface area contributed by atoms with E-state index in [1.807, 2.05) is 0 Å². The average Bonchev–Trinajstić information content (AvgIpc) is 2.24. The molecule has 5 heteroatoms. The van der Waals surface area contributed by atoms with Crippen LogP contribution in [0.2, 0.25) is 0 Å². The van der Waals surface area contributed by atoms with Crippen molar-refractivity contribution in [1.29, 1.82) is 0 Å². The summed E-state index contributed by atoms with van der Waals surface area (Å²) in [5.41, 5.74) is 5.97.